The molecule has 1 atom stereocenters. The fraction of sp³-hybridized carbons (Fsp3) is 0.375. The van der Waals surface area contributed by atoms with Gasteiger partial charge in [0, 0.05) is 16.6 Å². The highest BCUT2D eigenvalue weighted by Crippen LogP contribution is 2.26. The van der Waals surface area contributed by atoms with Gasteiger partial charge < -0.3 is 5.32 Å². The molecule has 1 N–H and O–H groups in total. The molecule has 1 aliphatic rings. The van der Waals surface area contributed by atoms with Crippen molar-refractivity contribution in [1.82, 2.24) is 15.1 Å². The Labute approximate surface area is 154 Å². The van der Waals surface area contributed by atoms with E-state index in [4.69, 9.17) is 23.2 Å². The second kappa shape index (κ2) is 7.84. The molecule has 1 saturated heterocycles. The van der Waals surface area contributed by atoms with E-state index < -0.39 is 36.3 Å². The van der Waals surface area contributed by atoms with Gasteiger partial charge >= 0.3 is 17.8 Å². The molecule has 7 nitrogen and oxygen atoms in total. The molecule has 0 spiro atoms. The topological polar surface area (TPSA) is 86.8 Å². The van der Waals surface area contributed by atoms with E-state index in [0.29, 0.717) is 26.9 Å². The Balaban J connectivity index is 2.03. The van der Waals surface area contributed by atoms with Crippen LogP contribution in [0.15, 0.2) is 18.2 Å². The number of carbonyl (C=O) groups is 4. The van der Waals surface area contributed by atoms with Gasteiger partial charge in [0.1, 0.15) is 6.54 Å². The fourth-order valence-electron chi connectivity index (χ4n) is 2.47. The van der Waals surface area contributed by atoms with Crippen molar-refractivity contribution < 1.29 is 19.2 Å². The van der Waals surface area contributed by atoms with Gasteiger partial charge in [-0.05, 0) is 31.0 Å². The molecule has 0 bridgehead atoms. The number of imide groups is 2. The van der Waals surface area contributed by atoms with Crippen molar-refractivity contribution in [2.45, 2.75) is 26.3 Å². The van der Waals surface area contributed by atoms with Gasteiger partial charge in [0.25, 0.3) is 0 Å². The molecule has 1 aromatic carbocycles. The van der Waals surface area contributed by atoms with Crippen LogP contribution in [0.2, 0.25) is 10.0 Å². The molecule has 5 amide bonds. The van der Waals surface area contributed by atoms with Crippen LogP contribution in [0.4, 0.5) is 4.79 Å². The molecule has 1 aromatic rings. The van der Waals surface area contributed by atoms with Gasteiger partial charge in [0.15, 0.2) is 0 Å². The predicted molar refractivity (Wildman–Crippen MR) is 92.1 cm³/mol. The van der Waals surface area contributed by atoms with Crippen LogP contribution in [0, 0.1) is 0 Å². The highest BCUT2D eigenvalue weighted by molar-refractivity contribution is 6.45. The minimum atomic E-state index is -0.995. The molecule has 0 aromatic heterocycles. The van der Waals surface area contributed by atoms with Gasteiger partial charge in [0.05, 0.1) is 6.04 Å². The molecule has 2 rings (SSSR count). The smallest absolute Gasteiger partial charge is 0.334 e. The molecule has 9 heteroatoms. The summed E-state index contributed by atoms with van der Waals surface area (Å²) in [6.07, 6.45) is 0.525. The Morgan fingerprint density at radius 2 is 1.80 bits per heavy atom. The average Bonchev–Trinajstić information content (AvgIpc) is 2.73. The molecule has 0 radical (unpaired) electrons. The van der Waals surface area contributed by atoms with Crippen molar-refractivity contribution in [3.05, 3.63) is 33.8 Å². The van der Waals surface area contributed by atoms with Crippen molar-refractivity contribution in [1.29, 1.82) is 0 Å². The molecule has 0 saturated carbocycles. The molecule has 1 heterocycles. The van der Waals surface area contributed by atoms with Crippen LogP contribution in [0.5, 0.6) is 0 Å². The Hall–Kier alpha value is -2.12. The van der Waals surface area contributed by atoms with Crippen molar-refractivity contribution in [3.63, 3.8) is 0 Å². The first kappa shape index (κ1) is 19.2. The zero-order chi connectivity index (χ0) is 18.7. The summed E-state index contributed by atoms with van der Waals surface area (Å²) in [4.78, 5) is 49.4. The molecule has 25 heavy (non-hydrogen) atoms. The Kier molecular flexibility index (Phi) is 6.02. The summed E-state index contributed by atoms with van der Waals surface area (Å²) in [5.74, 6) is -2.48. The number of hydrogen-bond donors (Lipinski definition) is 1. The molecular weight excluding hydrogens is 369 g/mol. The van der Waals surface area contributed by atoms with Crippen LogP contribution in [-0.4, -0.2) is 46.6 Å². The van der Waals surface area contributed by atoms with Crippen molar-refractivity contribution in [2.24, 2.45) is 0 Å². The van der Waals surface area contributed by atoms with Crippen LogP contribution < -0.4 is 5.32 Å². The molecule has 0 aliphatic carbocycles. The monoisotopic (exact) mass is 385 g/mol. The number of urea groups is 1. The number of carbonyl (C=O) groups excluding carboxylic acids is 4. The lowest BCUT2D eigenvalue weighted by Gasteiger charge is -2.18. The second-order valence-corrected chi connectivity index (χ2v) is 6.43. The fourth-order valence-corrected chi connectivity index (χ4v) is 3.04. The minimum absolute atomic E-state index is 0.137. The number of nitrogens with one attached hydrogen (secondary N) is 1. The SMILES string of the molecule is CCCN1C(=O)C(=O)N(CC(=O)N[C@H](C)c2ccc(Cl)cc2Cl)C1=O. The van der Waals surface area contributed by atoms with Crippen LogP contribution in [0.25, 0.3) is 0 Å². The maximum absolute atomic E-state index is 12.2. The maximum atomic E-state index is 12.2. The van der Waals surface area contributed by atoms with E-state index in [0.717, 1.165) is 4.90 Å². The summed E-state index contributed by atoms with van der Waals surface area (Å²) in [7, 11) is 0. The van der Waals surface area contributed by atoms with Gasteiger partial charge in [-0.25, -0.2) is 9.69 Å². The van der Waals surface area contributed by atoms with Crippen molar-refractivity contribution in [3.8, 4) is 0 Å². The largest absolute Gasteiger partial charge is 0.348 e. The van der Waals surface area contributed by atoms with Crippen molar-refractivity contribution in [2.75, 3.05) is 13.1 Å². The van der Waals surface area contributed by atoms with Gasteiger partial charge in [-0.3, -0.25) is 19.3 Å². The van der Waals surface area contributed by atoms with E-state index in [9.17, 15) is 19.2 Å². The zero-order valence-electron chi connectivity index (χ0n) is 13.7. The maximum Gasteiger partial charge on any atom is 0.334 e. The number of rotatable bonds is 6. The first-order chi connectivity index (χ1) is 11.8. The Morgan fingerprint density at radius 3 is 2.40 bits per heavy atom. The van der Waals surface area contributed by atoms with E-state index >= 15 is 0 Å². The molecular formula is C16H17Cl2N3O4. The number of hydrogen-bond acceptors (Lipinski definition) is 4. The molecule has 0 unspecified atom stereocenters. The Bertz CT molecular complexity index is 738. The summed E-state index contributed by atoms with van der Waals surface area (Å²) >= 11 is 11.9. The number of benzene rings is 1. The highest BCUT2D eigenvalue weighted by Gasteiger charge is 2.44. The zero-order valence-corrected chi connectivity index (χ0v) is 15.2. The number of amides is 5. The number of halogens is 2. The lowest BCUT2D eigenvalue weighted by Crippen LogP contribution is -2.42. The highest BCUT2D eigenvalue weighted by atomic mass is 35.5. The lowest BCUT2D eigenvalue weighted by molar-refractivity contribution is -0.144. The van der Waals surface area contributed by atoms with E-state index in [1.807, 2.05) is 0 Å². The van der Waals surface area contributed by atoms with Gasteiger partial charge in [-0.2, -0.15) is 0 Å². The number of nitrogens with zero attached hydrogens (tertiary/aromatic N) is 2. The normalized spacial score (nSPS) is 15.8. The Morgan fingerprint density at radius 1 is 1.16 bits per heavy atom. The third-order valence-corrected chi connectivity index (χ3v) is 4.25. The van der Waals surface area contributed by atoms with Crippen LogP contribution in [0.3, 0.4) is 0 Å². The van der Waals surface area contributed by atoms with Crippen LogP contribution in [0.1, 0.15) is 31.9 Å². The lowest BCUT2D eigenvalue weighted by atomic mass is 10.1. The van der Waals surface area contributed by atoms with E-state index in [1.54, 1.807) is 32.0 Å². The molecule has 1 aliphatic heterocycles. The van der Waals surface area contributed by atoms with E-state index in [1.165, 1.54) is 0 Å². The minimum Gasteiger partial charge on any atom is -0.348 e. The first-order valence-electron chi connectivity index (χ1n) is 7.67. The summed E-state index contributed by atoms with van der Waals surface area (Å²) in [6.45, 7) is 3.09. The molecule has 1 fully saturated rings. The quantitative estimate of drug-likeness (QED) is 0.601. The van der Waals surface area contributed by atoms with Gasteiger partial charge in [-0.15, -0.1) is 0 Å². The standard InChI is InChI=1S/C16H17Cl2N3O4/c1-3-6-20-14(23)15(24)21(16(20)25)8-13(22)19-9(2)11-5-4-10(17)7-12(11)18/h4-5,7,9H,3,6,8H2,1-2H3,(H,19,22)/t9-/m1/s1. The third-order valence-electron chi connectivity index (χ3n) is 3.69. The third kappa shape index (κ3) is 4.11. The van der Waals surface area contributed by atoms with Gasteiger partial charge in [0.2, 0.25) is 5.91 Å². The summed E-state index contributed by atoms with van der Waals surface area (Å²) in [5.41, 5.74) is 0.641. The summed E-state index contributed by atoms with van der Waals surface area (Å²) in [6, 6.07) is 3.63. The van der Waals surface area contributed by atoms with Gasteiger partial charge in [-0.1, -0.05) is 36.2 Å². The average molecular weight is 386 g/mol. The second-order valence-electron chi connectivity index (χ2n) is 5.59. The first-order valence-corrected chi connectivity index (χ1v) is 8.43. The van der Waals surface area contributed by atoms with E-state index in [-0.39, 0.29) is 6.54 Å². The van der Waals surface area contributed by atoms with Crippen LogP contribution >= 0.6 is 23.2 Å². The van der Waals surface area contributed by atoms with Crippen LogP contribution in [-0.2, 0) is 14.4 Å². The van der Waals surface area contributed by atoms with Crippen molar-refractivity contribution >= 4 is 47.0 Å². The predicted octanol–water partition coefficient (Wildman–Crippen LogP) is 2.37. The summed E-state index contributed by atoms with van der Waals surface area (Å²) in [5, 5.41) is 3.50. The van der Waals surface area contributed by atoms with E-state index in [2.05, 4.69) is 5.32 Å². The molecule has 134 valence electrons. The summed E-state index contributed by atoms with van der Waals surface area (Å²) < 4.78 is 0.